The number of amides is 2. The summed E-state index contributed by atoms with van der Waals surface area (Å²) in [5.74, 6) is 0.163. The highest BCUT2D eigenvalue weighted by atomic mass is 19.4. The van der Waals surface area contributed by atoms with Gasteiger partial charge in [0.25, 0.3) is 0 Å². The number of fused-ring (bicyclic) bond motifs is 3. The zero-order chi connectivity index (χ0) is 24.2. The Morgan fingerprint density at radius 2 is 2.06 bits per heavy atom. The highest BCUT2D eigenvalue weighted by Crippen LogP contribution is 2.40. The molecular formula is C21H22F3N5O5. The van der Waals surface area contributed by atoms with Gasteiger partial charge >= 0.3 is 12.3 Å². The molecule has 182 valence electrons. The number of carbonyl (C=O) groups excluding carboxylic acids is 2. The van der Waals surface area contributed by atoms with Crippen LogP contribution in [0.3, 0.4) is 0 Å². The molecule has 34 heavy (non-hydrogen) atoms. The summed E-state index contributed by atoms with van der Waals surface area (Å²) in [6, 6.07) is 2.49. The van der Waals surface area contributed by atoms with Crippen molar-refractivity contribution in [2.24, 2.45) is 5.73 Å². The van der Waals surface area contributed by atoms with Gasteiger partial charge in [-0.3, -0.25) is 4.79 Å². The summed E-state index contributed by atoms with van der Waals surface area (Å²) in [6.45, 7) is 0.310. The van der Waals surface area contributed by atoms with Crippen molar-refractivity contribution < 1.29 is 37.0 Å². The Morgan fingerprint density at radius 3 is 2.76 bits per heavy atom. The first-order valence-electron chi connectivity index (χ1n) is 10.6. The summed E-state index contributed by atoms with van der Waals surface area (Å²) in [6.07, 6.45) is -4.07. The number of imidazole rings is 1. The second-order valence-electron chi connectivity index (χ2n) is 8.25. The van der Waals surface area contributed by atoms with Crippen LogP contribution < -0.4 is 20.3 Å². The maximum Gasteiger partial charge on any atom is 0.416 e. The number of alkyl halides is 3. The number of hydrogen-bond donors (Lipinski definition) is 1. The Labute approximate surface area is 192 Å². The van der Waals surface area contributed by atoms with Crippen molar-refractivity contribution in [2.75, 3.05) is 36.7 Å². The Morgan fingerprint density at radius 1 is 1.26 bits per heavy atom. The van der Waals surface area contributed by atoms with E-state index in [1.807, 2.05) is 4.90 Å². The number of aromatic nitrogens is 2. The zero-order valence-corrected chi connectivity index (χ0v) is 18.1. The number of halogens is 3. The molecule has 1 aromatic carbocycles. The molecule has 2 N–H and O–H groups in total. The number of cyclic esters (lactones) is 1. The molecule has 0 saturated carbocycles. The largest absolute Gasteiger partial charge is 0.491 e. The summed E-state index contributed by atoms with van der Waals surface area (Å²) < 4.78 is 57.8. The van der Waals surface area contributed by atoms with Gasteiger partial charge in [-0.25, -0.2) is 14.7 Å². The van der Waals surface area contributed by atoms with Crippen LogP contribution in [-0.4, -0.2) is 72.8 Å². The van der Waals surface area contributed by atoms with E-state index in [0.29, 0.717) is 47.2 Å². The fraction of sp³-hybridized carbons (Fsp3) is 0.476. The van der Waals surface area contributed by atoms with Crippen molar-refractivity contribution in [3.05, 3.63) is 24.4 Å². The second kappa shape index (κ2) is 8.08. The van der Waals surface area contributed by atoms with Crippen molar-refractivity contribution in [1.82, 2.24) is 9.55 Å². The number of ether oxygens (including phenoxy) is 3. The molecule has 3 aliphatic rings. The average molecular weight is 481 g/mol. The van der Waals surface area contributed by atoms with Crippen LogP contribution in [0.2, 0.25) is 0 Å². The number of hydrogen-bond acceptors (Lipinski definition) is 7. The van der Waals surface area contributed by atoms with Crippen LogP contribution in [0.1, 0.15) is 6.42 Å². The van der Waals surface area contributed by atoms with Crippen LogP contribution >= 0.6 is 0 Å². The van der Waals surface area contributed by atoms with E-state index in [4.69, 9.17) is 15.2 Å². The molecule has 3 atom stereocenters. The smallest absolute Gasteiger partial charge is 0.416 e. The molecule has 0 bridgehead atoms. The predicted octanol–water partition coefficient (Wildman–Crippen LogP) is 1.91. The van der Waals surface area contributed by atoms with Gasteiger partial charge in [-0.2, -0.15) is 13.2 Å². The fourth-order valence-electron chi connectivity index (χ4n) is 4.70. The van der Waals surface area contributed by atoms with Gasteiger partial charge in [0.2, 0.25) is 5.91 Å². The molecule has 2 aromatic rings. The summed E-state index contributed by atoms with van der Waals surface area (Å²) in [4.78, 5) is 30.8. The van der Waals surface area contributed by atoms with Gasteiger partial charge in [-0.05, 0) is 18.6 Å². The number of nitrogens with two attached hydrogens (primary N) is 1. The molecule has 10 nitrogen and oxygen atoms in total. The fourth-order valence-corrected chi connectivity index (χ4v) is 4.70. The third-order valence-corrected chi connectivity index (χ3v) is 6.33. The van der Waals surface area contributed by atoms with Gasteiger partial charge in [0.05, 0.1) is 18.2 Å². The van der Waals surface area contributed by atoms with Crippen molar-refractivity contribution in [1.29, 1.82) is 0 Å². The Hall–Kier alpha value is -3.48. The highest BCUT2D eigenvalue weighted by molar-refractivity contribution is 5.90. The lowest BCUT2D eigenvalue weighted by atomic mass is 10.1. The third kappa shape index (κ3) is 3.59. The molecule has 13 heteroatoms. The van der Waals surface area contributed by atoms with Crippen LogP contribution in [0, 0.1) is 0 Å². The highest BCUT2D eigenvalue weighted by Gasteiger charge is 2.52. The molecule has 0 radical (unpaired) electrons. The lowest BCUT2D eigenvalue weighted by molar-refractivity contribution is -0.147. The van der Waals surface area contributed by atoms with Crippen molar-refractivity contribution in [3.8, 4) is 17.1 Å². The number of benzene rings is 1. The van der Waals surface area contributed by atoms with Crippen molar-refractivity contribution in [2.45, 2.75) is 37.3 Å². The predicted molar refractivity (Wildman–Crippen MR) is 113 cm³/mol. The standard InChI is InChI=1S/C21H22F3N5O5/c1-32-13-4-5-28(17(13)18(25)30)11-2-3-12-14(8-11)33-7-6-27-9-16(26-19(12)27)29-15(21(22,23)24)10-34-20(29)31/h2-3,8-9,13,15,17H,4-7,10H2,1H3,(H2,25,30)/t13-,15+,17+/m1/s1. The van der Waals surface area contributed by atoms with Crippen LogP contribution in [-0.2, 0) is 20.8 Å². The quantitative estimate of drug-likeness (QED) is 0.710. The summed E-state index contributed by atoms with van der Waals surface area (Å²) in [5, 5.41) is 0. The molecule has 4 heterocycles. The number of carbonyl (C=O) groups is 2. The molecule has 1 aromatic heterocycles. The Kier molecular flexibility index (Phi) is 5.30. The van der Waals surface area contributed by atoms with Crippen LogP contribution in [0.4, 0.5) is 29.5 Å². The van der Waals surface area contributed by atoms with Crippen LogP contribution in [0.25, 0.3) is 11.4 Å². The van der Waals surface area contributed by atoms with E-state index in [1.165, 1.54) is 13.3 Å². The topological polar surface area (TPSA) is 112 Å². The first kappa shape index (κ1) is 22.3. The molecule has 3 aliphatic heterocycles. The van der Waals surface area contributed by atoms with E-state index in [2.05, 4.69) is 9.72 Å². The van der Waals surface area contributed by atoms with Gasteiger partial charge in [0.1, 0.15) is 30.8 Å². The molecule has 0 spiro atoms. The lowest BCUT2D eigenvalue weighted by Crippen LogP contribution is -2.46. The van der Waals surface area contributed by atoms with E-state index in [0.717, 1.165) is 0 Å². The Balaban J connectivity index is 1.50. The van der Waals surface area contributed by atoms with Gasteiger partial charge < -0.3 is 29.4 Å². The molecular weight excluding hydrogens is 459 g/mol. The van der Waals surface area contributed by atoms with Crippen LogP contribution in [0.5, 0.6) is 5.75 Å². The minimum absolute atomic E-state index is 0.145. The normalized spacial score (nSPS) is 24.4. The zero-order valence-electron chi connectivity index (χ0n) is 18.1. The molecule has 5 rings (SSSR count). The minimum atomic E-state index is -4.66. The molecule has 0 unspecified atom stereocenters. The maximum atomic E-state index is 13.4. The van der Waals surface area contributed by atoms with E-state index >= 15 is 0 Å². The SMILES string of the molecule is CO[C@@H]1CCN(c2ccc3c(c2)OCCn2cc(N4C(=O)OC[C@H]4C(F)(F)F)nc2-3)[C@@H]1C(N)=O. The summed E-state index contributed by atoms with van der Waals surface area (Å²) in [7, 11) is 1.53. The van der Waals surface area contributed by atoms with Gasteiger partial charge in [-0.1, -0.05) is 0 Å². The van der Waals surface area contributed by atoms with E-state index in [-0.39, 0.29) is 18.5 Å². The lowest BCUT2D eigenvalue weighted by Gasteiger charge is -2.27. The molecule has 2 saturated heterocycles. The van der Waals surface area contributed by atoms with Gasteiger partial charge in [0.15, 0.2) is 11.9 Å². The number of primary amides is 1. The summed E-state index contributed by atoms with van der Waals surface area (Å²) in [5.41, 5.74) is 6.85. The monoisotopic (exact) mass is 481 g/mol. The maximum absolute atomic E-state index is 13.4. The van der Waals surface area contributed by atoms with Crippen molar-refractivity contribution >= 4 is 23.5 Å². The van der Waals surface area contributed by atoms with E-state index in [9.17, 15) is 22.8 Å². The first-order valence-corrected chi connectivity index (χ1v) is 10.6. The average Bonchev–Trinajstić information content (AvgIpc) is 3.47. The molecule has 2 amide bonds. The first-order chi connectivity index (χ1) is 16.2. The van der Waals surface area contributed by atoms with Crippen molar-refractivity contribution in [3.63, 3.8) is 0 Å². The molecule has 2 fully saturated rings. The van der Waals surface area contributed by atoms with Crippen LogP contribution in [0.15, 0.2) is 24.4 Å². The van der Waals surface area contributed by atoms with Gasteiger partial charge in [-0.15, -0.1) is 0 Å². The third-order valence-electron chi connectivity index (χ3n) is 6.33. The number of nitrogens with zero attached hydrogens (tertiary/aromatic N) is 4. The van der Waals surface area contributed by atoms with E-state index in [1.54, 1.807) is 22.8 Å². The minimum Gasteiger partial charge on any atom is -0.491 e. The summed E-state index contributed by atoms with van der Waals surface area (Å²) >= 11 is 0. The van der Waals surface area contributed by atoms with E-state index < -0.39 is 36.9 Å². The van der Waals surface area contributed by atoms with Gasteiger partial charge in [0, 0.05) is 31.6 Å². The number of rotatable bonds is 4. The number of methoxy groups -OCH3 is 1. The second-order valence-corrected chi connectivity index (χ2v) is 8.25. The Bertz CT molecular complexity index is 1140. The molecule has 0 aliphatic carbocycles. The number of anilines is 2.